The summed E-state index contributed by atoms with van der Waals surface area (Å²) in [7, 11) is -3.64. The average Bonchev–Trinajstić information content (AvgIpc) is 3.20. The fourth-order valence-corrected chi connectivity index (χ4v) is 4.65. The minimum absolute atomic E-state index is 0.0503. The zero-order valence-corrected chi connectivity index (χ0v) is 17.8. The van der Waals surface area contributed by atoms with E-state index in [9.17, 15) is 26.4 Å². The van der Waals surface area contributed by atoms with Crippen molar-refractivity contribution in [2.75, 3.05) is 11.9 Å². The normalized spacial score (nSPS) is 15.1. The molecular formula is C20H20ClF3N2O4S. The van der Waals surface area contributed by atoms with E-state index >= 15 is 0 Å². The molecule has 3 rings (SSSR count). The van der Waals surface area contributed by atoms with Crippen LogP contribution in [0.3, 0.4) is 0 Å². The summed E-state index contributed by atoms with van der Waals surface area (Å²) in [6, 6.07) is 8.03. The first-order valence-electron chi connectivity index (χ1n) is 9.46. The third-order valence-corrected chi connectivity index (χ3v) is 6.61. The Morgan fingerprint density at radius 1 is 1.10 bits per heavy atom. The van der Waals surface area contributed by atoms with E-state index in [1.165, 1.54) is 24.3 Å². The van der Waals surface area contributed by atoms with Gasteiger partial charge in [0.15, 0.2) is 6.61 Å². The SMILES string of the molecule is O=C(COc1ccc(S(=O)(=O)NC2CCCC2)cc1)Nc1cc(C(F)(F)F)ccc1Cl. The molecule has 31 heavy (non-hydrogen) atoms. The van der Waals surface area contributed by atoms with Crippen LogP contribution in [0.5, 0.6) is 5.75 Å². The molecule has 0 atom stereocenters. The van der Waals surface area contributed by atoms with Gasteiger partial charge in [-0.3, -0.25) is 4.79 Å². The van der Waals surface area contributed by atoms with Crippen LogP contribution in [0.15, 0.2) is 47.4 Å². The number of hydrogen-bond acceptors (Lipinski definition) is 4. The van der Waals surface area contributed by atoms with Crippen LogP contribution in [-0.4, -0.2) is 27.0 Å². The van der Waals surface area contributed by atoms with Crippen LogP contribution < -0.4 is 14.8 Å². The topological polar surface area (TPSA) is 84.5 Å². The number of amides is 1. The second-order valence-electron chi connectivity index (χ2n) is 7.10. The molecule has 1 saturated carbocycles. The lowest BCUT2D eigenvalue weighted by Crippen LogP contribution is -2.32. The van der Waals surface area contributed by atoms with E-state index in [1.807, 2.05) is 0 Å². The Kier molecular flexibility index (Phi) is 7.13. The van der Waals surface area contributed by atoms with E-state index in [4.69, 9.17) is 16.3 Å². The summed E-state index contributed by atoms with van der Waals surface area (Å²) in [5, 5.41) is 2.22. The molecular weight excluding hydrogens is 457 g/mol. The molecule has 0 aromatic heterocycles. The quantitative estimate of drug-likeness (QED) is 0.611. The Morgan fingerprint density at radius 3 is 2.35 bits per heavy atom. The molecule has 1 aliphatic carbocycles. The molecule has 0 heterocycles. The number of sulfonamides is 1. The van der Waals surface area contributed by atoms with Crippen molar-refractivity contribution in [1.29, 1.82) is 0 Å². The van der Waals surface area contributed by atoms with Gasteiger partial charge in [-0.25, -0.2) is 13.1 Å². The highest BCUT2D eigenvalue weighted by Crippen LogP contribution is 2.33. The first kappa shape index (κ1) is 23.4. The van der Waals surface area contributed by atoms with Crippen LogP contribution in [0.1, 0.15) is 31.2 Å². The van der Waals surface area contributed by atoms with Crippen LogP contribution in [0.2, 0.25) is 5.02 Å². The van der Waals surface area contributed by atoms with E-state index in [0.717, 1.165) is 43.9 Å². The van der Waals surface area contributed by atoms with E-state index in [0.29, 0.717) is 0 Å². The summed E-state index contributed by atoms with van der Waals surface area (Å²) in [5.41, 5.74) is -1.14. The maximum Gasteiger partial charge on any atom is 0.416 e. The number of hydrogen-bond donors (Lipinski definition) is 2. The second kappa shape index (κ2) is 9.46. The van der Waals surface area contributed by atoms with Gasteiger partial charge in [0.05, 0.1) is 21.2 Å². The van der Waals surface area contributed by atoms with Crippen molar-refractivity contribution in [3.05, 3.63) is 53.1 Å². The number of nitrogens with one attached hydrogen (secondary N) is 2. The predicted molar refractivity (Wildman–Crippen MR) is 110 cm³/mol. The van der Waals surface area contributed by atoms with Gasteiger partial charge in [-0.05, 0) is 55.3 Å². The monoisotopic (exact) mass is 476 g/mol. The lowest BCUT2D eigenvalue weighted by molar-refractivity contribution is -0.137. The molecule has 0 unspecified atom stereocenters. The van der Waals surface area contributed by atoms with Crippen LogP contribution in [0.25, 0.3) is 0 Å². The minimum Gasteiger partial charge on any atom is -0.484 e. The summed E-state index contributed by atoms with van der Waals surface area (Å²) >= 11 is 5.84. The summed E-state index contributed by atoms with van der Waals surface area (Å²) in [4.78, 5) is 12.1. The van der Waals surface area contributed by atoms with E-state index in [2.05, 4.69) is 10.0 Å². The molecule has 6 nitrogen and oxygen atoms in total. The first-order valence-corrected chi connectivity index (χ1v) is 11.3. The molecule has 2 N–H and O–H groups in total. The average molecular weight is 477 g/mol. The van der Waals surface area contributed by atoms with Crippen molar-refractivity contribution in [3.63, 3.8) is 0 Å². The molecule has 1 fully saturated rings. The van der Waals surface area contributed by atoms with Crippen molar-refractivity contribution in [2.45, 2.75) is 42.8 Å². The Labute approximate surface area is 182 Å². The summed E-state index contributed by atoms with van der Waals surface area (Å²) in [6.07, 6.45) is -0.965. The molecule has 11 heteroatoms. The molecule has 0 spiro atoms. The lowest BCUT2D eigenvalue weighted by atomic mass is 10.2. The molecule has 1 aliphatic rings. The molecule has 0 bridgehead atoms. The lowest BCUT2D eigenvalue weighted by Gasteiger charge is -2.13. The van der Waals surface area contributed by atoms with Crippen molar-refractivity contribution in [2.24, 2.45) is 0 Å². The molecule has 0 saturated heterocycles. The van der Waals surface area contributed by atoms with Gasteiger partial charge in [-0.1, -0.05) is 24.4 Å². The minimum atomic E-state index is -4.57. The van der Waals surface area contributed by atoms with E-state index in [1.54, 1.807) is 0 Å². The summed E-state index contributed by atoms with van der Waals surface area (Å²) in [6.45, 7) is -0.501. The van der Waals surface area contributed by atoms with Gasteiger partial charge in [-0.2, -0.15) is 13.2 Å². The zero-order chi connectivity index (χ0) is 22.6. The first-order chi connectivity index (χ1) is 14.5. The molecule has 2 aromatic rings. The van der Waals surface area contributed by atoms with E-state index in [-0.39, 0.29) is 27.4 Å². The Hall–Kier alpha value is -2.30. The van der Waals surface area contributed by atoms with Crippen LogP contribution in [0.4, 0.5) is 18.9 Å². The highest BCUT2D eigenvalue weighted by Gasteiger charge is 2.31. The number of alkyl halides is 3. The fourth-order valence-electron chi connectivity index (χ4n) is 3.18. The standard InChI is InChI=1S/C20H20ClF3N2O4S/c21-17-10-5-13(20(22,23)24)11-18(17)25-19(27)12-30-15-6-8-16(9-7-15)31(28,29)26-14-3-1-2-4-14/h5-11,14,26H,1-4,12H2,(H,25,27). The zero-order valence-electron chi connectivity index (χ0n) is 16.2. The molecule has 2 aromatic carbocycles. The van der Waals surface area contributed by atoms with Gasteiger partial charge < -0.3 is 10.1 Å². The fraction of sp³-hybridized carbons (Fsp3) is 0.350. The summed E-state index contributed by atoms with van der Waals surface area (Å²) < 4.78 is 71.2. The van der Waals surface area contributed by atoms with Gasteiger partial charge >= 0.3 is 6.18 Å². The van der Waals surface area contributed by atoms with Gasteiger partial charge in [-0.15, -0.1) is 0 Å². The van der Waals surface area contributed by atoms with Crippen LogP contribution >= 0.6 is 11.6 Å². The highest BCUT2D eigenvalue weighted by molar-refractivity contribution is 7.89. The highest BCUT2D eigenvalue weighted by atomic mass is 35.5. The van der Waals surface area contributed by atoms with Crippen molar-refractivity contribution in [3.8, 4) is 5.75 Å². The largest absolute Gasteiger partial charge is 0.484 e. The van der Waals surface area contributed by atoms with Crippen molar-refractivity contribution < 1.29 is 31.1 Å². The number of anilines is 1. The Morgan fingerprint density at radius 2 is 1.74 bits per heavy atom. The number of ether oxygens (including phenoxy) is 1. The van der Waals surface area contributed by atoms with Gasteiger partial charge in [0.1, 0.15) is 5.75 Å². The number of carbonyl (C=O) groups excluding carboxylic acids is 1. The second-order valence-corrected chi connectivity index (χ2v) is 9.22. The summed E-state index contributed by atoms with van der Waals surface area (Å²) in [5.74, 6) is -0.495. The Bertz CT molecular complexity index is 1040. The van der Waals surface area contributed by atoms with Gasteiger partial charge in [0.2, 0.25) is 10.0 Å². The van der Waals surface area contributed by atoms with E-state index < -0.39 is 34.3 Å². The number of halogens is 4. The van der Waals surface area contributed by atoms with Crippen LogP contribution in [-0.2, 0) is 21.0 Å². The van der Waals surface area contributed by atoms with Gasteiger partial charge in [0.25, 0.3) is 5.91 Å². The maximum atomic E-state index is 12.8. The molecule has 168 valence electrons. The molecule has 0 radical (unpaired) electrons. The van der Waals surface area contributed by atoms with Crippen molar-refractivity contribution in [1.82, 2.24) is 4.72 Å². The third kappa shape index (κ3) is 6.34. The smallest absolute Gasteiger partial charge is 0.416 e. The third-order valence-electron chi connectivity index (χ3n) is 4.75. The maximum absolute atomic E-state index is 12.8. The van der Waals surface area contributed by atoms with Crippen molar-refractivity contribution >= 4 is 33.2 Å². The number of rotatable bonds is 7. The molecule has 0 aliphatic heterocycles. The molecule has 1 amide bonds. The van der Waals surface area contributed by atoms with Crippen LogP contribution in [0, 0.1) is 0 Å². The Balaban J connectivity index is 1.57. The number of benzene rings is 2. The number of carbonyl (C=O) groups is 1. The predicted octanol–water partition coefficient (Wildman–Crippen LogP) is 4.60. The van der Waals surface area contributed by atoms with Gasteiger partial charge in [0, 0.05) is 6.04 Å².